The van der Waals surface area contributed by atoms with Crippen molar-refractivity contribution in [1.82, 2.24) is 4.90 Å². The molecule has 2 atom stereocenters. The number of carboxylic acid groups (broad SMARTS) is 1. The fourth-order valence-corrected chi connectivity index (χ4v) is 3.37. The lowest BCUT2D eigenvalue weighted by Crippen LogP contribution is -2.47. The van der Waals surface area contributed by atoms with Crippen LogP contribution in [0.2, 0.25) is 0 Å². The first-order chi connectivity index (χ1) is 7.61. The van der Waals surface area contributed by atoms with Crippen LogP contribution in [0.3, 0.4) is 0 Å². The minimum absolute atomic E-state index is 0.00472. The van der Waals surface area contributed by atoms with Crippen LogP contribution in [0.1, 0.15) is 19.8 Å². The van der Waals surface area contributed by atoms with Gasteiger partial charge in [0.05, 0.1) is 5.37 Å². The molecule has 0 bridgehead atoms. The van der Waals surface area contributed by atoms with E-state index in [2.05, 4.69) is 0 Å². The maximum atomic E-state index is 12.2. The highest BCUT2D eigenvalue weighted by molar-refractivity contribution is 8.00. The van der Waals surface area contributed by atoms with Crippen LogP contribution in [0.25, 0.3) is 0 Å². The fourth-order valence-electron chi connectivity index (χ4n) is 2.20. The smallest absolute Gasteiger partial charge is 0.327 e. The van der Waals surface area contributed by atoms with Crippen LogP contribution in [0, 0.1) is 5.92 Å². The van der Waals surface area contributed by atoms with Gasteiger partial charge >= 0.3 is 5.97 Å². The summed E-state index contributed by atoms with van der Waals surface area (Å²) < 4.78 is 0. The topological polar surface area (TPSA) is 57.6 Å². The van der Waals surface area contributed by atoms with Crippen molar-refractivity contribution in [3.63, 3.8) is 0 Å². The molecule has 2 rings (SSSR count). The van der Waals surface area contributed by atoms with Gasteiger partial charge in [-0.2, -0.15) is 0 Å². The summed E-state index contributed by atoms with van der Waals surface area (Å²) in [4.78, 5) is 24.8. The van der Waals surface area contributed by atoms with E-state index in [-0.39, 0.29) is 17.2 Å². The second kappa shape index (κ2) is 4.49. The van der Waals surface area contributed by atoms with Gasteiger partial charge in [-0.1, -0.05) is 12.2 Å². The number of hydrogen-bond donors (Lipinski definition) is 1. The Balaban J connectivity index is 2.10. The lowest BCUT2D eigenvalue weighted by Gasteiger charge is -2.27. The highest BCUT2D eigenvalue weighted by Crippen LogP contribution is 2.32. The number of rotatable bonds is 2. The van der Waals surface area contributed by atoms with Crippen LogP contribution in [0.15, 0.2) is 12.2 Å². The van der Waals surface area contributed by atoms with Gasteiger partial charge in [-0.25, -0.2) is 4.79 Å². The summed E-state index contributed by atoms with van der Waals surface area (Å²) in [6, 6.07) is -0.645. The van der Waals surface area contributed by atoms with E-state index in [9.17, 15) is 9.59 Å². The number of nitrogens with zero attached hydrogens (tertiary/aromatic N) is 1. The molecule has 1 fully saturated rings. The Kier molecular flexibility index (Phi) is 3.23. The second-order valence-corrected chi connectivity index (χ2v) is 5.52. The number of allylic oxidation sites excluding steroid dienone is 2. The molecule has 2 aliphatic rings. The second-order valence-electron chi connectivity index (χ2n) is 4.17. The lowest BCUT2D eigenvalue weighted by molar-refractivity contribution is -0.150. The number of carboxylic acids is 1. The maximum Gasteiger partial charge on any atom is 0.327 e. The molecule has 0 aromatic rings. The first-order valence-electron chi connectivity index (χ1n) is 5.43. The summed E-state index contributed by atoms with van der Waals surface area (Å²) in [5.41, 5.74) is 0. The zero-order chi connectivity index (χ0) is 11.7. The largest absolute Gasteiger partial charge is 0.480 e. The molecule has 0 spiro atoms. The summed E-state index contributed by atoms with van der Waals surface area (Å²) in [6.07, 6.45) is 5.48. The van der Waals surface area contributed by atoms with Crippen molar-refractivity contribution in [2.45, 2.75) is 31.2 Å². The van der Waals surface area contributed by atoms with Gasteiger partial charge in [-0.15, -0.1) is 11.8 Å². The molecule has 1 heterocycles. The summed E-state index contributed by atoms with van der Waals surface area (Å²) >= 11 is 1.53. The van der Waals surface area contributed by atoms with Crippen molar-refractivity contribution >= 4 is 23.6 Å². The molecule has 1 saturated heterocycles. The Hall–Kier alpha value is -0.970. The molecule has 0 radical (unpaired) electrons. The molecule has 88 valence electrons. The minimum atomic E-state index is -0.892. The van der Waals surface area contributed by atoms with Crippen molar-refractivity contribution in [2.24, 2.45) is 5.92 Å². The Labute approximate surface area is 98.7 Å². The zero-order valence-corrected chi connectivity index (χ0v) is 9.94. The normalized spacial score (nSPS) is 29.9. The number of carbonyl (C=O) groups excluding carboxylic acids is 1. The van der Waals surface area contributed by atoms with E-state index >= 15 is 0 Å². The number of thioether (sulfide) groups is 1. The van der Waals surface area contributed by atoms with E-state index in [0.29, 0.717) is 5.75 Å². The zero-order valence-electron chi connectivity index (χ0n) is 9.13. The molecule has 0 aromatic carbocycles. The Morgan fingerprint density at radius 3 is 2.56 bits per heavy atom. The molecular weight excluding hydrogens is 226 g/mol. The third-order valence-corrected chi connectivity index (χ3v) is 4.34. The predicted octanol–water partition coefficient (Wildman–Crippen LogP) is 1.33. The predicted molar refractivity (Wildman–Crippen MR) is 62.1 cm³/mol. The molecule has 5 heteroatoms. The quantitative estimate of drug-likeness (QED) is 0.741. The highest BCUT2D eigenvalue weighted by Gasteiger charge is 2.41. The molecule has 1 aliphatic carbocycles. The third-order valence-electron chi connectivity index (χ3n) is 3.12. The van der Waals surface area contributed by atoms with E-state index in [1.807, 2.05) is 19.1 Å². The van der Waals surface area contributed by atoms with Gasteiger partial charge in [-0.3, -0.25) is 4.79 Å². The number of aliphatic carboxylic acids is 1. The number of hydrogen-bond acceptors (Lipinski definition) is 3. The molecule has 4 nitrogen and oxygen atoms in total. The molecule has 0 saturated carbocycles. The average Bonchev–Trinajstić information content (AvgIpc) is 2.84. The van der Waals surface area contributed by atoms with Gasteiger partial charge < -0.3 is 10.0 Å². The highest BCUT2D eigenvalue weighted by atomic mass is 32.2. The number of amides is 1. The Bertz CT molecular complexity index is 334. The van der Waals surface area contributed by atoms with Gasteiger partial charge in [-0.05, 0) is 19.8 Å². The van der Waals surface area contributed by atoms with Crippen LogP contribution >= 0.6 is 11.8 Å². The van der Waals surface area contributed by atoms with Gasteiger partial charge in [0.25, 0.3) is 0 Å². The Morgan fingerprint density at radius 1 is 1.38 bits per heavy atom. The van der Waals surface area contributed by atoms with Crippen LogP contribution in [-0.2, 0) is 9.59 Å². The Morgan fingerprint density at radius 2 is 2.00 bits per heavy atom. The molecule has 1 amide bonds. The SMILES string of the molecule is CC1SCC(C(=O)O)N1C(=O)C1CC=CC1. The van der Waals surface area contributed by atoms with Gasteiger partial charge in [0.1, 0.15) is 6.04 Å². The average molecular weight is 241 g/mol. The molecule has 2 unspecified atom stereocenters. The maximum absolute atomic E-state index is 12.2. The van der Waals surface area contributed by atoms with E-state index in [4.69, 9.17) is 5.11 Å². The van der Waals surface area contributed by atoms with Crippen molar-refractivity contribution in [3.8, 4) is 0 Å². The standard InChI is InChI=1S/C11H15NO3S/c1-7-12(9(6-16-7)11(14)15)10(13)8-4-2-3-5-8/h2-3,7-9H,4-6H2,1H3,(H,14,15). The molecule has 1 aliphatic heterocycles. The van der Waals surface area contributed by atoms with Gasteiger partial charge in [0.2, 0.25) is 5.91 Å². The van der Waals surface area contributed by atoms with Crippen molar-refractivity contribution < 1.29 is 14.7 Å². The van der Waals surface area contributed by atoms with Crippen LogP contribution in [-0.4, -0.2) is 39.1 Å². The van der Waals surface area contributed by atoms with E-state index < -0.39 is 12.0 Å². The summed E-state index contributed by atoms with van der Waals surface area (Å²) in [5, 5.41) is 9.05. The van der Waals surface area contributed by atoms with Crippen molar-refractivity contribution in [1.29, 1.82) is 0 Å². The number of carbonyl (C=O) groups is 2. The summed E-state index contributed by atoms with van der Waals surface area (Å²) in [6.45, 7) is 1.90. The molecular formula is C11H15NO3S. The van der Waals surface area contributed by atoms with Crippen LogP contribution in [0.5, 0.6) is 0 Å². The van der Waals surface area contributed by atoms with Gasteiger partial charge in [0.15, 0.2) is 0 Å². The minimum Gasteiger partial charge on any atom is -0.480 e. The van der Waals surface area contributed by atoms with Crippen LogP contribution < -0.4 is 0 Å². The monoisotopic (exact) mass is 241 g/mol. The molecule has 0 aromatic heterocycles. The summed E-state index contributed by atoms with van der Waals surface area (Å²) in [7, 11) is 0. The van der Waals surface area contributed by atoms with Crippen molar-refractivity contribution in [3.05, 3.63) is 12.2 Å². The first kappa shape index (κ1) is 11.5. The molecule has 1 N–H and O–H groups in total. The van der Waals surface area contributed by atoms with Gasteiger partial charge in [0, 0.05) is 11.7 Å². The van der Waals surface area contributed by atoms with E-state index in [1.165, 1.54) is 11.8 Å². The van der Waals surface area contributed by atoms with Crippen LogP contribution in [0.4, 0.5) is 0 Å². The van der Waals surface area contributed by atoms with E-state index in [0.717, 1.165) is 12.8 Å². The lowest BCUT2D eigenvalue weighted by atomic mass is 10.0. The summed E-state index contributed by atoms with van der Waals surface area (Å²) in [5.74, 6) is -0.434. The van der Waals surface area contributed by atoms with E-state index in [1.54, 1.807) is 4.90 Å². The molecule has 16 heavy (non-hydrogen) atoms. The third kappa shape index (κ3) is 1.96. The fraction of sp³-hybridized carbons (Fsp3) is 0.636. The van der Waals surface area contributed by atoms with Crippen molar-refractivity contribution in [2.75, 3.05) is 5.75 Å². The first-order valence-corrected chi connectivity index (χ1v) is 6.47.